The summed E-state index contributed by atoms with van der Waals surface area (Å²) in [5.41, 5.74) is 0.369. The van der Waals surface area contributed by atoms with Crippen LogP contribution in [0.2, 0.25) is 5.02 Å². The zero-order valence-corrected chi connectivity index (χ0v) is 12.6. The normalized spacial score (nSPS) is 10.8. The molecule has 0 amide bonds. The standard InChI is InChI=1S/C14H10ClFN4S/c1-21-14-18-5-4-12(19-14)20-7-6-17-13(20)10-3-2-9(15)8-11(10)16/h2-8H,1H3. The van der Waals surface area contributed by atoms with Crippen LogP contribution in [0.25, 0.3) is 17.2 Å². The Balaban J connectivity index is 2.12. The second-order valence-corrected chi connectivity index (χ2v) is 5.36. The van der Waals surface area contributed by atoms with Crippen molar-refractivity contribution in [3.63, 3.8) is 0 Å². The van der Waals surface area contributed by atoms with E-state index in [-0.39, 0.29) is 0 Å². The first-order chi connectivity index (χ1) is 10.2. The Morgan fingerprint density at radius 3 is 2.81 bits per heavy atom. The molecular weight excluding hydrogens is 311 g/mol. The molecule has 21 heavy (non-hydrogen) atoms. The molecule has 0 saturated heterocycles. The van der Waals surface area contributed by atoms with Crippen molar-refractivity contribution in [2.45, 2.75) is 5.16 Å². The van der Waals surface area contributed by atoms with Crippen LogP contribution in [0.3, 0.4) is 0 Å². The maximum atomic E-state index is 14.1. The molecule has 0 N–H and O–H groups in total. The summed E-state index contributed by atoms with van der Waals surface area (Å²) in [5, 5.41) is 0.991. The van der Waals surface area contributed by atoms with Crippen molar-refractivity contribution >= 4 is 23.4 Å². The summed E-state index contributed by atoms with van der Waals surface area (Å²) in [4.78, 5) is 12.7. The lowest BCUT2D eigenvalue weighted by Gasteiger charge is -2.08. The molecule has 0 saturated carbocycles. The summed E-state index contributed by atoms with van der Waals surface area (Å²) >= 11 is 7.22. The third kappa shape index (κ3) is 2.77. The summed E-state index contributed by atoms with van der Waals surface area (Å²) in [6.45, 7) is 0. The molecule has 0 aliphatic rings. The average Bonchev–Trinajstić information content (AvgIpc) is 2.96. The summed E-state index contributed by atoms with van der Waals surface area (Å²) in [7, 11) is 0. The average molecular weight is 321 g/mol. The van der Waals surface area contributed by atoms with Crippen LogP contribution in [-0.2, 0) is 0 Å². The van der Waals surface area contributed by atoms with Gasteiger partial charge in [0.2, 0.25) is 0 Å². The largest absolute Gasteiger partial charge is 0.284 e. The van der Waals surface area contributed by atoms with Gasteiger partial charge in [0.1, 0.15) is 17.5 Å². The summed E-state index contributed by atoms with van der Waals surface area (Å²) in [6.07, 6.45) is 6.89. The van der Waals surface area contributed by atoms with E-state index in [9.17, 15) is 4.39 Å². The number of aromatic nitrogens is 4. The Hall–Kier alpha value is -1.92. The SMILES string of the molecule is CSc1nccc(-n2ccnc2-c2ccc(Cl)cc2F)n1. The molecule has 0 spiro atoms. The van der Waals surface area contributed by atoms with Crippen LogP contribution in [0.4, 0.5) is 4.39 Å². The zero-order valence-electron chi connectivity index (χ0n) is 11.0. The van der Waals surface area contributed by atoms with Crippen LogP contribution in [0.5, 0.6) is 0 Å². The van der Waals surface area contributed by atoms with Crippen molar-refractivity contribution in [2.24, 2.45) is 0 Å². The molecule has 0 aliphatic heterocycles. The molecule has 2 heterocycles. The molecule has 0 unspecified atom stereocenters. The quantitative estimate of drug-likeness (QED) is 0.543. The number of nitrogens with zero attached hydrogens (tertiary/aromatic N) is 4. The number of imidazole rings is 1. The van der Waals surface area contributed by atoms with Crippen LogP contribution in [0, 0.1) is 5.82 Å². The molecule has 0 fully saturated rings. The molecule has 7 heteroatoms. The van der Waals surface area contributed by atoms with Gasteiger partial charge in [-0.3, -0.25) is 4.57 Å². The first-order valence-electron chi connectivity index (χ1n) is 6.05. The number of halogens is 2. The fourth-order valence-corrected chi connectivity index (χ4v) is 2.43. The lowest BCUT2D eigenvalue weighted by molar-refractivity contribution is 0.629. The minimum atomic E-state index is -0.422. The fraction of sp³-hybridized carbons (Fsp3) is 0.0714. The van der Waals surface area contributed by atoms with Crippen LogP contribution < -0.4 is 0 Å². The summed E-state index contributed by atoms with van der Waals surface area (Å²) in [5.74, 6) is 0.681. The molecular formula is C14H10ClFN4S. The number of thioether (sulfide) groups is 1. The van der Waals surface area contributed by atoms with Gasteiger partial charge >= 0.3 is 0 Å². The lowest BCUT2D eigenvalue weighted by Crippen LogP contribution is -2.01. The molecule has 0 aliphatic carbocycles. The highest BCUT2D eigenvalue weighted by Crippen LogP contribution is 2.26. The van der Waals surface area contributed by atoms with Crippen molar-refractivity contribution in [1.29, 1.82) is 0 Å². The maximum Gasteiger partial charge on any atom is 0.189 e. The van der Waals surface area contributed by atoms with Crippen molar-refractivity contribution in [3.8, 4) is 17.2 Å². The van der Waals surface area contributed by atoms with Crippen molar-refractivity contribution in [1.82, 2.24) is 19.5 Å². The van der Waals surface area contributed by atoms with E-state index < -0.39 is 5.82 Å². The molecule has 2 aromatic heterocycles. The predicted molar refractivity (Wildman–Crippen MR) is 81.3 cm³/mol. The van der Waals surface area contributed by atoms with Gasteiger partial charge in [-0.1, -0.05) is 23.4 Å². The Bertz CT molecular complexity index is 790. The minimum Gasteiger partial charge on any atom is -0.284 e. The van der Waals surface area contributed by atoms with Gasteiger partial charge in [0.25, 0.3) is 0 Å². The van der Waals surface area contributed by atoms with E-state index in [1.807, 2.05) is 6.26 Å². The van der Waals surface area contributed by atoms with E-state index >= 15 is 0 Å². The predicted octanol–water partition coefficient (Wildman–Crippen LogP) is 3.84. The van der Waals surface area contributed by atoms with Gasteiger partial charge < -0.3 is 0 Å². The highest BCUT2D eigenvalue weighted by molar-refractivity contribution is 7.98. The molecule has 4 nitrogen and oxygen atoms in total. The van der Waals surface area contributed by atoms with Crippen molar-refractivity contribution in [3.05, 3.63) is 53.7 Å². The Morgan fingerprint density at radius 1 is 1.19 bits per heavy atom. The number of benzene rings is 1. The van der Waals surface area contributed by atoms with Gasteiger partial charge in [-0.05, 0) is 30.5 Å². The first kappa shape index (κ1) is 14.0. The third-order valence-corrected chi connectivity index (χ3v) is 3.66. The lowest BCUT2D eigenvalue weighted by atomic mass is 10.2. The van der Waals surface area contributed by atoms with Crippen LogP contribution >= 0.6 is 23.4 Å². The van der Waals surface area contributed by atoms with Gasteiger partial charge in [0, 0.05) is 23.6 Å². The van der Waals surface area contributed by atoms with Gasteiger partial charge in [-0.2, -0.15) is 0 Å². The van der Waals surface area contributed by atoms with Crippen LogP contribution in [-0.4, -0.2) is 25.8 Å². The molecule has 3 rings (SSSR count). The fourth-order valence-electron chi connectivity index (χ4n) is 1.92. The Kier molecular flexibility index (Phi) is 3.90. The highest BCUT2D eigenvalue weighted by atomic mass is 35.5. The molecule has 106 valence electrons. The highest BCUT2D eigenvalue weighted by Gasteiger charge is 2.13. The van der Waals surface area contributed by atoms with E-state index in [0.717, 1.165) is 0 Å². The zero-order chi connectivity index (χ0) is 14.8. The Morgan fingerprint density at radius 2 is 2.05 bits per heavy atom. The van der Waals surface area contributed by atoms with E-state index in [0.29, 0.717) is 27.4 Å². The monoisotopic (exact) mass is 320 g/mol. The third-order valence-electron chi connectivity index (χ3n) is 2.86. The molecule has 0 bridgehead atoms. The molecule has 0 atom stereocenters. The van der Waals surface area contributed by atoms with Gasteiger partial charge in [0.05, 0.1) is 5.56 Å². The van der Waals surface area contributed by atoms with Crippen molar-refractivity contribution in [2.75, 3.05) is 6.26 Å². The number of hydrogen-bond donors (Lipinski definition) is 0. The first-order valence-corrected chi connectivity index (χ1v) is 7.65. The van der Waals surface area contributed by atoms with Gasteiger partial charge in [-0.15, -0.1) is 0 Å². The number of hydrogen-bond acceptors (Lipinski definition) is 4. The molecule has 3 aromatic rings. The van der Waals surface area contributed by atoms with Crippen LogP contribution in [0.15, 0.2) is 48.0 Å². The summed E-state index contributed by atoms with van der Waals surface area (Å²) < 4.78 is 15.8. The number of rotatable bonds is 3. The van der Waals surface area contributed by atoms with Crippen molar-refractivity contribution < 1.29 is 4.39 Å². The van der Waals surface area contributed by atoms with Gasteiger partial charge in [-0.25, -0.2) is 19.3 Å². The van der Waals surface area contributed by atoms with E-state index in [2.05, 4.69) is 15.0 Å². The van der Waals surface area contributed by atoms with E-state index in [1.165, 1.54) is 17.8 Å². The Labute approximate surface area is 130 Å². The van der Waals surface area contributed by atoms with Crippen LogP contribution in [0.1, 0.15) is 0 Å². The maximum absolute atomic E-state index is 14.1. The van der Waals surface area contributed by atoms with E-state index in [1.54, 1.807) is 41.4 Å². The second kappa shape index (κ2) is 5.83. The minimum absolute atomic E-state index is 0.348. The van der Waals surface area contributed by atoms with E-state index in [4.69, 9.17) is 11.6 Å². The molecule has 1 aromatic carbocycles. The second-order valence-electron chi connectivity index (χ2n) is 4.15. The molecule has 0 radical (unpaired) electrons. The smallest absolute Gasteiger partial charge is 0.189 e. The van der Waals surface area contributed by atoms with Gasteiger partial charge in [0.15, 0.2) is 5.16 Å². The topological polar surface area (TPSA) is 43.6 Å². The summed E-state index contributed by atoms with van der Waals surface area (Å²) in [6, 6.07) is 6.25.